The van der Waals surface area contributed by atoms with Crippen LogP contribution in [0.25, 0.3) is 5.52 Å². The van der Waals surface area contributed by atoms with Crippen LogP contribution in [-0.2, 0) is 0 Å². The fourth-order valence-corrected chi connectivity index (χ4v) is 4.72. The first-order chi connectivity index (χ1) is 14.9. The highest BCUT2D eigenvalue weighted by Crippen LogP contribution is 2.46. The molecule has 1 aliphatic rings. The Balaban J connectivity index is 1.85. The van der Waals surface area contributed by atoms with Gasteiger partial charge >= 0.3 is 0 Å². The van der Waals surface area contributed by atoms with Crippen LogP contribution in [0, 0.1) is 17.0 Å². The molecule has 0 bridgehead atoms. The number of hydrogen-bond acceptors (Lipinski definition) is 4. The van der Waals surface area contributed by atoms with E-state index in [4.69, 9.17) is 23.1 Å². The fraction of sp³-hybridized carbons (Fsp3) is 0.364. The van der Waals surface area contributed by atoms with Crippen molar-refractivity contribution in [1.29, 1.82) is 0 Å². The Morgan fingerprint density at radius 1 is 1.34 bits per heavy atom. The lowest BCUT2D eigenvalue weighted by atomic mass is 9.75. The molecule has 0 radical (unpaired) electrons. The smallest absolute Gasteiger partial charge is 0.185 e. The van der Waals surface area contributed by atoms with Gasteiger partial charge in [-0.15, -0.1) is 0 Å². The molecule has 32 heavy (non-hydrogen) atoms. The van der Waals surface area contributed by atoms with Crippen molar-refractivity contribution in [2.45, 2.75) is 45.2 Å². The van der Waals surface area contributed by atoms with Crippen molar-refractivity contribution in [2.75, 3.05) is 5.32 Å². The van der Waals surface area contributed by atoms with E-state index in [0.717, 1.165) is 28.9 Å². The summed E-state index contributed by atoms with van der Waals surface area (Å²) in [6, 6.07) is 4.11. The molecule has 1 aromatic carbocycles. The van der Waals surface area contributed by atoms with Gasteiger partial charge in [-0.3, -0.25) is 0 Å². The summed E-state index contributed by atoms with van der Waals surface area (Å²) in [5.41, 5.74) is 13.8. The number of anilines is 1. The standard InChI is InChI=1S/C22H24BrClF2N6/c1-21(2)16(6-7-22(21,3)28)30-18-12(9-29-32-10-11(23)8-15(18)32)20(27)31-19-13(24)4-5-14(25)17(19)26/h4-5,8-10,16,30H,6-7,28H2,1-3H3,(H2,27,31)/t16-,22+/m1/s1. The summed E-state index contributed by atoms with van der Waals surface area (Å²) < 4.78 is 30.6. The van der Waals surface area contributed by atoms with Crippen LogP contribution in [-0.4, -0.2) is 27.0 Å². The second-order valence-electron chi connectivity index (χ2n) is 8.98. The van der Waals surface area contributed by atoms with Gasteiger partial charge in [0.25, 0.3) is 0 Å². The Kier molecular flexibility index (Phi) is 5.71. The Morgan fingerprint density at radius 3 is 2.72 bits per heavy atom. The Morgan fingerprint density at radius 2 is 2.06 bits per heavy atom. The third-order valence-electron chi connectivity index (χ3n) is 6.75. The van der Waals surface area contributed by atoms with Gasteiger partial charge in [0.1, 0.15) is 11.5 Å². The van der Waals surface area contributed by atoms with Gasteiger partial charge in [0.05, 0.1) is 28.0 Å². The maximum absolute atomic E-state index is 14.3. The summed E-state index contributed by atoms with van der Waals surface area (Å²) in [5, 5.41) is 7.94. The Labute approximate surface area is 198 Å². The second-order valence-corrected chi connectivity index (χ2v) is 10.3. The maximum Gasteiger partial charge on any atom is 0.185 e. The predicted molar refractivity (Wildman–Crippen MR) is 128 cm³/mol. The molecule has 2 atom stereocenters. The van der Waals surface area contributed by atoms with Crippen molar-refractivity contribution in [1.82, 2.24) is 9.61 Å². The van der Waals surface area contributed by atoms with Crippen LogP contribution in [0.15, 0.2) is 40.1 Å². The molecule has 2 heterocycles. The molecule has 0 unspecified atom stereocenters. The molecular weight excluding hydrogens is 502 g/mol. The normalized spacial score (nSPS) is 23.1. The third-order valence-corrected chi connectivity index (χ3v) is 7.48. The van der Waals surface area contributed by atoms with E-state index < -0.39 is 11.6 Å². The van der Waals surface area contributed by atoms with E-state index in [9.17, 15) is 8.78 Å². The van der Waals surface area contributed by atoms with Crippen molar-refractivity contribution in [2.24, 2.45) is 21.9 Å². The number of benzene rings is 1. The molecule has 0 saturated heterocycles. The minimum atomic E-state index is -1.16. The van der Waals surface area contributed by atoms with Crippen molar-refractivity contribution in [3.8, 4) is 0 Å². The average Bonchev–Trinajstić information content (AvgIpc) is 3.19. The molecule has 5 N–H and O–H groups in total. The lowest BCUT2D eigenvalue weighted by Gasteiger charge is -2.39. The highest BCUT2D eigenvalue weighted by Gasteiger charge is 2.49. The first kappa shape index (κ1) is 22.9. The van der Waals surface area contributed by atoms with Crippen LogP contribution in [0.1, 0.15) is 39.2 Å². The molecule has 0 spiro atoms. The summed E-state index contributed by atoms with van der Waals surface area (Å²) in [6.45, 7) is 6.31. The highest BCUT2D eigenvalue weighted by molar-refractivity contribution is 9.10. The highest BCUT2D eigenvalue weighted by atomic mass is 79.9. The molecule has 6 nitrogen and oxygen atoms in total. The van der Waals surface area contributed by atoms with Gasteiger partial charge in [0, 0.05) is 27.7 Å². The monoisotopic (exact) mass is 524 g/mol. The molecule has 1 aliphatic carbocycles. The minimum absolute atomic E-state index is 0.0402. The predicted octanol–water partition coefficient (Wildman–Crippen LogP) is 5.38. The number of fused-ring (bicyclic) bond motifs is 1. The third kappa shape index (κ3) is 3.76. The summed E-state index contributed by atoms with van der Waals surface area (Å²) in [6.07, 6.45) is 5.06. The lowest BCUT2D eigenvalue weighted by Crippen LogP contribution is -2.51. The summed E-state index contributed by atoms with van der Waals surface area (Å²) in [5.74, 6) is -2.26. The van der Waals surface area contributed by atoms with E-state index in [1.807, 2.05) is 12.3 Å². The number of nitrogens with two attached hydrogens (primary N) is 2. The van der Waals surface area contributed by atoms with Crippen molar-refractivity contribution >= 4 is 50.3 Å². The largest absolute Gasteiger partial charge is 0.383 e. The van der Waals surface area contributed by atoms with Crippen LogP contribution in [0.4, 0.5) is 20.2 Å². The molecule has 2 aromatic heterocycles. The van der Waals surface area contributed by atoms with Crippen LogP contribution in [0.5, 0.6) is 0 Å². The first-order valence-corrected chi connectivity index (χ1v) is 11.3. The lowest BCUT2D eigenvalue weighted by molar-refractivity contribution is 0.215. The Bertz CT molecular complexity index is 1240. The minimum Gasteiger partial charge on any atom is -0.383 e. The molecule has 3 aromatic rings. The topological polar surface area (TPSA) is 93.7 Å². The zero-order valence-corrected chi connectivity index (χ0v) is 20.2. The van der Waals surface area contributed by atoms with E-state index >= 15 is 0 Å². The summed E-state index contributed by atoms with van der Waals surface area (Å²) >= 11 is 9.53. The van der Waals surface area contributed by atoms with Gasteiger partial charge in [-0.05, 0) is 53.9 Å². The Hall–Kier alpha value is -2.23. The average molecular weight is 526 g/mol. The van der Waals surface area contributed by atoms with E-state index in [1.54, 1.807) is 4.52 Å². The van der Waals surface area contributed by atoms with Gasteiger partial charge in [-0.1, -0.05) is 25.4 Å². The number of aromatic nitrogens is 2. The number of amidine groups is 1. The SMILES string of the molecule is CC1(C)[C@H](Nc2c(C(N)=Nc3c(Cl)ccc(F)c3F)cnn3cc(Br)cc23)CC[C@]1(C)N. The van der Waals surface area contributed by atoms with E-state index in [0.29, 0.717) is 11.3 Å². The number of halogens is 4. The number of hydrogen-bond donors (Lipinski definition) is 3. The quantitative estimate of drug-likeness (QED) is 0.242. The molecule has 1 fully saturated rings. The molecule has 4 rings (SSSR count). The van der Waals surface area contributed by atoms with Gasteiger partial charge < -0.3 is 16.8 Å². The number of aliphatic imine (C=N–C) groups is 1. The van der Waals surface area contributed by atoms with Crippen LogP contribution < -0.4 is 16.8 Å². The van der Waals surface area contributed by atoms with Gasteiger partial charge in [0.2, 0.25) is 0 Å². The first-order valence-electron chi connectivity index (χ1n) is 10.1. The number of rotatable bonds is 4. The van der Waals surface area contributed by atoms with Crippen molar-refractivity contribution in [3.63, 3.8) is 0 Å². The fourth-order valence-electron chi connectivity index (χ4n) is 4.12. The molecule has 0 amide bonds. The van der Waals surface area contributed by atoms with Gasteiger partial charge in [0.15, 0.2) is 11.6 Å². The van der Waals surface area contributed by atoms with Crippen LogP contribution in [0.2, 0.25) is 5.02 Å². The zero-order chi connectivity index (χ0) is 23.4. The molecule has 0 aliphatic heterocycles. The second kappa shape index (κ2) is 7.97. The summed E-state index contributed by atoms with van der Waals surface area (Å²) in [7, 11) is 0. The zero-order valence-electron chi connectivity index (χ0n) is 17.9. The van der Waals surface area contributed by atoms with Crippen molar-refractivity contribution in [3.05, 3.63) is 57.3 Å². The van der Waals surface area contributed by atoms with Gasteiger partial charge in [-0.25, -0.2) is 18.3 Å². The van der Waals surface area contributed by atoms with E-state index in [1.165, 1.54) is 12.3 Å². The van der Waals surface area contributed by atoms with E-state index in [-0.39, 0.29) is 33.5 Å². The van der Waals surface area contributed by atoms with Gasteiger partial charge in [-0.2, -0.15) is 5.10 Å². The maximum atomic E-state index is 14.3. The van der Waals surface area contributed by atoms with Crippen LogP contribution in [0.3, 0.4) is 0 Å². The molecule has 170 valence electrons. The van der Waals surface area contributed by atoms with Crippen LogP contribution >= 0.6 is 27.5 Å². The molecule has 1 saturated carbocycles. The molecular formula is C22H24BrClF2N6. The summed E-state index contributed by atoms with van der Waals surface area (Å²) in [4.78, 5) is 4.12. The molecule has 10 heteroatoms. The van der Waals surface area contributed by atoms with E-state index in [2.05, 4.69) is 52.1 Å². The number of nitrogens with zero attached hydrogens (tertiary/aromatic N) is 3. The van der Waals surface area contributed by atoms with Crippen molar-refractivity contribution < 1.29 is 8.78 Å². The number of nitrogens with one attached hydrogen (secondary N) is 1.